The Balaban J connectivity index is 1.55. The summed E-state index contributed by atoms with van der Waals surface area (Å²) in [5.41, 5.74) is 0.522. The Morgan fingerprint density at radius 3 is 2.47 bits per heavy atom. The van der Waals surface area contributed by atoms with Crippen LogP contribution in [0.5, 0.6) is 0 Å². The van der Waals surface area contributed by atoms with Crippen molar-refractivity contribution >= 4 is 40.4 Å². The molecule has 176 valence electrons. The molecule has 0 unspecified atom stereocenters. The van der Waals surface area contributed by atoms with Crippen LogP contribution < -0.4 is 0 Å². The lowest BCUT2D eigenvalue weighted by molar-refractivity contribution is -0.384. The number of nitrogens with zero attached hydrogens (tertiary/aromatic N) is 3. The van der Waals surface area contributed by atoms with Crippen LogP contribution >= 0.6 is 22.9 Å². The van der Waals surface area contributed by atoms with Crippen molar-refractivity contribution in [1.29, 1.82) is 0 Å². The highest BCUT2D eigenvalue weighted by Crippen LogP contribution is 2.31. The molecule has 10 heteroatoms. The Morgan fingerprint density at radius 2 is 1.85 bits per heavy atom. The van der Waals surface area contributed by atoms with E-state index >= 15 is 0 Å². The number of rotatable bonds is 9. The van der Waals surface area contributed by atoms with Gasteiger partial charge in [0.1, 0.15) is 17.4 Å². The Bertz CT molecular complexity index is 1200. The number of nitro benzene ring substituents is 1. The van der Waals surface area contributed by atoms with E-state index < -0.39 is 10.8 Å². The van der Waals surface area contributed by atoms with Crippen LogP contribution in [-0.2, 0) is 17.9 Å². The predicted molar refractivity (Wildman–Crippen MR) is 127 cm³/mol. The first-order chi connectivity index (χ1) is 16.3. The second-order valence-electron chi connectivity index (χ2n) is 8.04. The van der Waals surface area contributed by atoms with Crippen molar-refractivity contribution in [3.63, 3.8) is 0 Å². The Labute approximate surface area is 204 Å². The van der Waals surface area contributed by atoms with Crippen LogP contribution in [-0.4, -0.2) is 39.1 Å². The van der Waals surface area contributed by atoms with Gasteiger partial charge in [-0.2, -0.15) is 0 Å². The number of carbonyl (C=O) groups is 2. The van der Waals surface area contributed by atoms with E-state index in [0.29, 0.717) is 6.54 Å². The van der Waals surface area contributed by atoms with Gasteiger partial charge in [-0.1, -0.05) is 29.8 Å². The van der Waals surface area contributed by atoms with E-state index in [4.69, 9.17) is 11.6 Å². The van der Waals surface area contributed by atoms with E-state index in [-0.39, 0.29) is 47.1 Å². The molecule has 0 N–H and O–H groups in total. The molecule has 1 aromatic heterocycles. The molecule has 4 rings (SSSR count). The number of halogens is 2. The Hall–Kier alpha value is -3.30. The van der Waals surface area contributed by atoms with Gasteiger partial charge in [0.15, 0.2) is 0 Å². The van der Waals surface area contributed by atoms with E-state index in [2.05, 4.69) is 0 Å². The average molecular weight is 502 g/mol. The summed E-state index contributed by atoms with van der Waals surface area (Å²) in [7, 11) is 0. The zero-order valence-corrected chi connectivity index (χ0v) is 19.6. The van der Waals surface area contributed by atoms with Crippen LogP contribution in [0.25, 0.3) is 0 Å². The first kappa shape index (κ1) is 23.8. The zero-order valence-electron chi connectivity index (χ0n) is 18.0. The fraction of sp³-hybridized carbons (Fsp3) is 0.250. The largest absolute Gasteiger partial charge is 0.332 e. The maximum atomic E-state index is 13.4. The molecule has 34 heavy (non-hydrogen) atoms. The second-order valence-corrected chi connectivity index (χ2v) is 9.48. The van der Waals surface area contributed by atoms with Crippen LogP contribution in [0, 0.1) is 15.9 Å². The molecular formula is C24H21ClFN3O4S. The monoisotopic (exact) mass is 501 g/mol. The quantitative estimate of drug-likeness (QED) is 0.295. The third-order valence-electron chi connectivity index (χ3n) is 5.51. The van der Waals surface area contributed by atoms with Gasteiger partial charge in [-0.05, 0) is 54.1 Å². The molecule has 7 nitrogen and oxygen atoms in total. The molecule has 0 atom stereocenters. The first-order valence-corrected chi connectivity index (χ1v) is 11.9. The SMILES string of the molecule is O=C(CN(C(=O)c1ccc(Cl)c([N+](=O)[O-])c1)C1CC1)N(Cc1ccc(F)cc1)Cc1cccs1. The van der Waals surface area contributed by atoms with Crippen molar-refractivity contribution in [2.24, 2.45) is 0 Å². The third kappa shape index (κ3) is 5.78. The van der Waals surface area contributed by atoms with Gasteiger partial charge in [0, 0.05) is 29.1 Å². The van der Waals surface area contributed by atoms with Crippen molar-refractivity contribution in [2.45, 2.75) is 32.0 Å². The minimum absolute atomic E-state index is 0.0583. The fourth-order valence-corrected chi connectivity index (χ4v) is 4.49. The lowest BCUT2D eigenvalue weighted by Crippen LogP contribution is -2.43. The molecule has 0 bridgehead atoms. The van der Waals surface area contributed by atoms with Gasteiger partial charge in [-0.15, -0.1) is 11.3 Å². The van der Waals surface area contributed by atoms with Crippen molar-refractivity contribution < 1.29 is 18.9 Å². The maximum Gasteiger partial charge on any atom is 0.288 e. The summed E-state index contributed by atoms with van der Waals surface area (Å²) in [5.74, 6) is -1.07. The summed E-state index contributed by atoms with van der Waals surface area (Å²) in [4.78, 5) is 41.3. The van der Waals surface area contributed by atoms with E-state index in [1.165, 1.54) is 40.5 Å². The molecule has 1 heterocycles. The van der Waals surface area contributed by atoms with Crippen LogP contribution in [0.4, 0.5) is 10.1 Å². The molecule has 1 fully saturated rings. The Morgan fingerprint density at radius 1 is 1.12 bits per heavy atom. The average Bonchev–Trinajstić information content (AvgIpc) is 3.53. The van der Waals surface area contributed by atoms with Crippen molar-refractivity contribution in [3.05, 3.63) is 96.9 Å². The smallest absolute Gasteiger partial charge is 0.288 e. The van der Waals surface area contributed by atoms with Crippen LogP contribution in [0.3, 0.4) is 0 Å². The molecule has 0 saturated heterocycles. The summed E-state index contributed by atoms with van der Waals surface area (Å²) in [5, 5.41) is 13.1. The van der Waals surface area contributed by atoms with Crippen molar-refractivity contribution in [3.8, 4) is 0 Å². The van der Waals surface area contributed by atoms with E-state index in [1.807, 2.05) is 17.5 Å². The third-order valence-corrected chi connectivity index (χ3v) is 6.69. The van der Waals surface area contributed by atoms with Gasteiger partial charge in [-0.3, -0.25) is 19.7 Å². The summed E-state index contributed by atoms with van der Waals surface area (Å²) in [6.07, 6.45) is 1.52. The number of hydrogen-bond acceptors (Lipinski definition) is 5. The highest BCUT2D eigenvalue weighted by Gasteiger charge is 2.36. The van der Waals surface area contributed by atoms with Crippen molar-refractivity contribution in [2.75, 3.05) is 6.54 Å². The minimum Gasteiger partial charge on any atom is -0.332 e. The summed E-state index contributed by atoms with van der Waals surface area (Å²) in [6, 6.07) is 13.6. The number of nitro groups is 1. The molecule has 3 aromatic rings. The lowest BCUT2D eigenvalue weighted by atomic mass is 10.1. The number of benzene rings is 2. The standard InChI is InChI=1S/C24H21ClFN3O4S/c25-21-10-5-17(12-22(21)29(32)33)24(31)28(19-8-9-19)15-23(30)27(14-20-2-1-11-34-20)13-16-3-6-18(26)7-4-16/h1-7,10-12,19H,8-9,13-15H2. The summed E-state index contributed by atoms with van der Waals surface area (Å²) < 4.78 is 13.3. The molecule has 0 spiro atoms. The molecule has 2 aromatic carbocycles. The Kier molecular flexibility index (Phi) is 7.23. The highest BCUT2D eigenvalue weighted by atomic mass is 35.5. The van der Waals surface area contributed by atoms with Gasteiger partial charge < -0.3 is 9.80 Å². The van der Waals surface area contributed by atoms with E-state index in [9.17, 15) is 24.1 Å². The van der Waals surface area contributed by atoms with Gasteiger partial charge >= 0.3 is 0 Å². The molecular weight excluding hydrogens is 481 g/mol. The summed E-state index contributed by atoms with van der Waals surface area (Å²) >= 11 is 7.40. The van der Waals surface area contributed by atoms with Crippen LogP contribution in [0.2, 0.25) is 5.02 Å². The van der Waals surface area contributed by atoms with Crippen LogP contribution in [0.15, 0.2) is 60.0 Å². The van der Waals surface area contributed by atoms with E-state index in [0.717, 1.165) is 29.3 Å². The summed E-state index contributed by atoms with van der Waals surface area (Å²) in [6.45, 7) is 0.454. The number of hydrogen-bond donors (Lipinski definition) is 0. The first-order valence-electron chi connectivity index (χ1n) is 10.6. The normalized spacial score (nSPS) is 12.9. The fourth-order valence-electron chi connectivity index (χ4n) is 3.58. The second kappa shape index (κ2) is 10.3. The minimum atomic E-state index is -0.642. The molecule has 2 amide bonds. The molecule has 0 aliphatic heterocycles. The van der Waals surface area contributed by atoms with Gasteiger partial charge in [0.2, 0.25) is 5.91 Å². The van der Waals surface area contributed by atoms with Gasteiger partial charge in [-0.25, -0.2) is 4.39 Å². The van der Waals surface area contributed by atoms with Crippen molar-refractivity contribution in [1.82, 2.24) is 9.80 Å². The van der Waals surface area contributed by atoms with E-state index in [1.54, 1.807) is 17.0 Å². The molecule has 1 saturated carbocycles. The van der Waals surface area contributed by atoms with Gasteiger partial charge in [0.05, 0.1) is 11.5 Å². The topological polar surface area (TPSA) is 83.8 Å². The van der Waals surface area contributed by atoms with Gasteiger partial charge in [0.25, 0.3) is 11.6 Å². The molecule has 0 radical (unpaired) electrons. The number of amides is 2. The molecule has 1 aliphatic rings. The number of carbonyl (C=O) groups excluding carboxylic acids is 2. The predicted octanol–water partition coefficient (Wildman–Crippen LogP) is 5.28. The maximum absolute atomic E-state index is 13.4. The zero-order chi connectivity index (χ0) is 24.2. The van der Waals surface area contributed by atoms with Crippen LogP contribution in [0.1, 0.15) is 33.6 Å². The molecule has 1 aliphatic carbocycles. The highest BCUT2D eigenvalue weighted by molar-refractivity contribution is 7.09. The number of thiophene rings is 1. The lowest BCUT2D eigenvalue weighted by Gasteiger charge is -2.28.